The molecule has 5 heterocycles. The van der Waals surface area contributed by atoms with Crippen LogP contribution in [0.3, 0.4) is 0 Å². The highest BCUT2D eigenvalue weighted by Crippen LogP contribution is 2.30. The molecule has 39 heavy (non-hydrogen) atoms. The Hall–Kier alpha value is -2.89. The molecule has 2 atom stereocenters. The van der Waals surface area contributed by atoms with Crippen molar-refractivity contribution in [3.8, 4) is 5.82 Å². The topological polar surface area (TPSA) is 80.6 Å². The number of anilines is 2. The van der Waals surface area contributed by atoms with E-state index in [1.807, 2.05) is 6.07 Å². The summed E-state index contributed by atoms with van der Waals surface area (Å²) in [7, 11) is 0. The van der Waals surface area contributed by atoms with Gasteiger partial charge in [-0.1, -0.05) is 12.1 Å². The van der Waals surface area contributed by atoms with Gasteiger partial charge in [0.2, 0.25) is 5.95 Å². The van der Waals surface area contributed by atoms with Gasteiger partial charge in [0.25, 0.3) is 6.43 Å². The molecule has 1 aromatic carbocycles. The van der Waals surface area contributed by atoms with Crippen LogP contribution in [0.1, 0.15) is 44.9 Å². The molecule has 9 nitrogen and oxygen atoms in total. The van der Waals surface area contributed by atoms with Gasteiger partial charge >= 0.3 is 0 Å². The molecule has 0 spiro atoms. The number of ether oxygens (including phenoxy) is 2. The summed E-state index contributed by atoms with van der Waals surface area (Å²) in [5.74, 6) is 1.68. The molecule has 6 rings (SSSR count). The summed E-state index contributed by atoms with van der Waals surface area (Å²) in [5.41, 5.74) is 1.11. The van der Waals surface area contributed by atoms with Crippen LogP contribution >= 0.6 is 0 Å². The summed E-state index contributed by atoms with van der Waals surface area (Å²) in [5, 5.41) is 3.48. The van der Waals surface area contributed by atoms with Gasteiger partial charge in [0, 0.05) is 45.0 Å². The molecule has 1 N–H and O–H groups in total. The number of rotatable bonds is 7. The third-order valence-electron chi connectivity index (χ3n) is 8.18. The number of nitrogens with one attached hydrogen (secondary N) is 1. The first-order chi connectivity index (χ1) is 19.1. The number of benzene rings is 1. The maximum absolute atomic E-state index is 14.2. The monoisotopic (exact) mass is 541 g/mol. The molecule has 0 saturated carbocycles. The van der Waals surface area contributed by atoms with Crippen LogP contribution in [-0.2, 0) is 9.47 Å². The van der Waals surface area contributed by atoms with Gasteiger partial charge in [0.05, 0.1) is 30.3 Å². The van der Waals surface area contributed by atoms with Crippen molar-refractivity contribution in [1.82, 2.24) is 24.4 Å². The number of fused-ring (bicyclic) bond motifs is 1. The van der Waals surface area contributed by atoms with Crippen LogP contribution in [0.4, 0.5) is 20.5 Å². The van der Waals surface area contributed by atoms with Crippen LogP contribution < -0.4 is 10.2 Å². The third-order valence-corrected chi connectivity index (χ3v) is 8.18. The van der Waals surface area contributed by atoms with E-state index in [9.17, 15) is 8.78 Å². The van der Waals surface area contributed by atoms with E-state index in [2.05, 4.69) is 27.0 Å². The average molecular weight is 542 g/mol. The summed E-state index contributed by atoms with van der Waals surface area (Å²) >= 11 is 0. The number of nitrogens with zero attached hydrogens (tertiary/aromatic N) is 6. The van der Waals surface area contributed by atoms with Gasteiger partial charge < -0.3 is 19.7 Å². The molecule has 2 aromatic heterocycles. The average Bonchev–Trinajstić information content (AvgIpc) is 3.37. The molecule has 3 fully saturated rings. The summed E-state index contributed by atoms with van der Waals surface area (Å²) in [6, 6.07) is 9.67. The van der Waals surface area contributed by atoms with Crippen molar-refractivity contribution in [2.24, 2.45) is 5.92 Å². The zero-order chi connectivity index (χ0) is 26.8. The third kappa shape index (κ3) is 5.71. The van der Waals surface area contributed by atoms with E-state index in [4.69, 9.17) is 19.4 Å². The Bertz CT molecular complexity index is 1270. The molecule has 11 heteroatoms. The molecular formula is C28H37F2N7O2. The predicted molar refractivity (Wildman–Crippen MR) is 146 cm³/mol. The molecular weight excluding hydrogens is 504 g/mol. The van der Waals surface area contributed by atoms with Gasteiger partial charge in [-0.15, -0.1) is 0 Å². The number of hydrogen-bond acceptors (Lipinski definition) is 8. The minimum atomic E-state index is -2.74. The fraction of sp³-hybridized carbons (Fsp3) is 0.607. The summed E-state index contributed by atoms with van der Waals surface area (Å²) in [6.07, 6.45) is 1.75. The van der Waals surface area contributed by atoms with Gasteiger partial charge in [0.15, 0.2) is 5.82 Å². The van der Waals surface area contributed by atoms with E-state index in [1.54, 1.807) is 24.3 Å². The molecule has 0 radical (unpaired) electrons. The number of morpholine rings is 1. The lowest BCUT2D eigenvalue weighted by atomic mass is 9.95. The van der Waals surface area contributed by atoms with Gasteiger partial charge in [-0.05, 0) is 57.2 Å². The molecule has 210 valence electrons. The number of imidazole rings is 1. The fourth-order valence-corrected chi connectivity index (χ4v) is 6.14. The molecule has 0 aliphatic carbocycles. The number of piperidine rings is 1. The van der Waals surface area contributed by atoms with Crippen molar-refractivity contribution in [2.75, 3.05) is 62.8 Å². The zero-order valence-electron chi connectivity index (χ0n) is 22.4. The van der Waals surface area contributed by atoms with E-state index in [0.29, 0.717) is 60.3 Å². The van der Waals surface area contributed by atoms with Gasteiger partial charge in [-0.25, -0.2) is 13.8 Å². The van der Waals surface area contributed by atoms with Crippen molar-refractivity contribution < 1.29 is 18.3 Å². The smallest absolute Gasteiger partial charge is 0.296 e. The number of halogens is 2. The quantitative estimate of drug-likeness (QED) is 0.475. The molecule has 0 amide bonds. The highest BCUT2D eigenvalue weighted by atomic mass is 19.3. The maximum Gasteiger partial charge on any atom is 0.296 e. The standard InChI is InChI=1S/C28H37F2N7O2/c1-19-18-39-14-11-36(19)24-15-25(37-23-7-3-2-6-22(23)32-27(37)26(29)30)34-28(33-24)31-16-20-5-4-10-35(17-20)21-8-12-38-13-9-21/h2-3,6-7,15,19-21,26H,4-5,8-14,16-18H2,1H3,(H,31,33,34)/t19-,20+/m0/s1. The van der Waals surface area contributed by atoms with Crippen LogP contribution in [0.5, 0.6) is 0 Å². The number of aromatic nitrogens is 4. The molecule has 0 bridgehead atoms. The number of alkyl halides is 2. The minimum absolute atomic E-state index is 0.106. The van der Waals surface area contributed by atoms with E-state index in [-0.39, 0.29) is 11.9 Å². The fourth-order valence-electron chi connectivity index (χ4n) is 6.14. The Labute approximate surface area is 227 Å². The Morgan fingerprint density at radius 1 is 1.00 bits per heavy atom. The van der Waals surface area contributed by atoms with Crippen LogP contribution in [0, 0.1) is 5.92 Å². The second-order valence-electron chi connectivity index (χ2n) is 10.8. The zero-order valence-corrected chi connectivity index (χ0v) is 22.4. The molecule has 3 aromatic rings. The molecule has 3 saturated heterocycles. The Morgan fingerprint density at radius 2 is 1.82 bits per heavy atom. The van der Waals surface area contributed by atoms with Gasteiger partial charge in [0.1, 0.15) is 11.6 Å². The van der Waals surface area contributed by atoms with Crippen molar-refractivity contribution in [3.05, 3.63) is 36.2 Å². The highest BCUT2D eigenvalue weighted by Gasteiger charge is 2.28. The first-order valence-electron chi connectivity index (χ1n) is 14.1. The van der Waals surface area contributed by atoms with Gasteiger partial charge in [-0.3, -0.25) is 9.47 Å². The van der Waals surface area contributed by atoms with Crippen LogP contribution in [0.25, 0.3) is 16.9 Å². The maximum atomic E-state index is 14.2. The summed E-state index contributed by atoms with van der Waals surface area (Å²) in [6.45, 7) is 8.52. The molecule has 0 unspecified atom stereocenters. The van der Waals surface area contributed by atoms with E-state index >= 15 is 0 Å². The first kappa shape index (κ1) is 26.3. The lowest BCUT2D eigenvalue weighted by Gasteiger charge is -2.40. The Kier molecular flexibility index (Phi) is 7.90. The van der Waals surface area contributed by atoms with Crippen molar-refractivity contribution >= 4 is 22.8 Å². The number of likely N-dealkylation sites (tertiary alicyclic amines) is 1. The number of hydrogen-bond donors (Lipinski definition) is 1. The van der Waals surface area contributed by atoms with Crippen molar-refractivity contribution in [3.63, 3.8) is 0 Å². The normalized spacial score (nSPS) is 23.5. The second-order valence-corrected chi connectivity index (χ2v) is 10.8. The van der Waals surface area contributed by atoms with E-state index in [1.165, 1.54) is 11.0 Å². The first-order valence-corrected chi connectivity index (χ1v) is 14.1. The van der Waals surface area contributed by atoms with E-state index < -0.39 is 6.43 Å². The highest BCUT2D eigenvalue weighted by molar-refractivity contribution is 5.78. The largest absolute Gasteiger partial charge is 0.381 e. The number of para-hydroxylation sites is 2. The molecule has 3 aliphatic heterocycles. The lowest BCUT2D eigenvalue weighted by Crippen LogP contribution is -2.46. The minimum Gasteiger partial charge on any atom is -0.381 e. The van der Waals surface area contributed by atoms with Crippen LogP contribution in [-0.4, -0.2) is 89.1 Å². The Morgan fingerprint density at radius 3 is 2.64 bits per heavy atom. The van der Waals surface area contributed by atoms with Crippen LogP contribution in [0.15, 0.2) is 30.3 Å². The summed E-state index contributed by atoms with van der Waals surface area (Å²) < 4.78 is 41.0. The van der Waals surface area contributed by atoms with E-state index in [0.717, 1.165) is 52.1 Å². The van der Waals surface area contributed by atoms with Crippen molar-refractivity contribution in [2.45, 2.75) is 51.1 Å². The Balaban J connectivity index is 1.30. The van der Waals surface area contributed by atoms with Gasteiger partial charge in [-0.2, -0.15) is 9.97 Å². The summed E-state index contributed by atoms with van der Waals surface area (Å²) in [4.78, 5) is 18.6. The SMILES string of the molecule is C[C@H]1COCCN1c1cc(-n2c(C(F)F)nc3ccccc32)nc(NC[C@H]2CCCN(C3CCOCC3)C2)n1. The van der Waals surface area contributed by atoms with Crippen LogP contribution in [0.2, 0.25) is 0 Å². The second kappa shape index (κ2) is 11.7. The molecule has 3 aliphatic rings. The van der Waals surface area contributed by atoms with Crippen molar-refractivity contribution in [1.29, 1.82) is 0 Å². The lowest BCUT2D eigenvalue weighted by molar-refractivity contribution is 0.0190. The predicted octanol–water partition coefficient (Wildman–Crippen LogP) is 4.28.